The summed E-state index contributed by atoms with van der Waals surface area (Å²) in [5, 5.41) is 11.7. The van der Waals surface area contributed by atoms with Gasteiger partial charge in [0.05, 0.1) is 5.75 Å². The molecule has 0 rings (SSSR count). The van der Waals surface area contributed by atoms with Crippen molar-refractivity contribution in [2.45, 2.75) is 51.4 Å². The number of carbonyl (C=O) groups excluding carboxylic acids is 1. The van der Waals surface area contributed by atoms with Gasteiger partial charge in [0.2, 0.25) is 5.91 Å². The molecule has 4 N–H and O–H groups in total. The second kappa shape index (κ2) is 6.99. The molecule has 1 amide bonds. The number of thioether (sulfide) groups is 1. The number of nitrogens with two attached hydrogens (primary N) is 1. The van der Waals surface area contributed by atoms with Crippen LogP contribution in [-0.4, -0.2) is 39.6 Å². The van der Waals surface area contributed by atoms with E-state index < -0.39 is 16.8 Å². The first-order chi connectivity index (χ1) is 8.08. The highest BCUT2D eigenvalue weighted by Crippen LogP contribution is 2.27. The minimum atomic E-state index is -1.05. The van der Waals surface area contributed by atoms with Crippen molar-refractivity contribution >= 4 is 23.6 Å². The number of nitrogens with one attached hydrogen (secondary N) is 1. The van der Waals surface area contributed by atoms with E-state index in [0.29, 0.717) is 5.92 Å². The van der Waals surface area contributed by atoms with Crippen LogP contribution in [0.2, 0.25) is 0 Å². The highest BCUT2D eigenvalue weighted by Gasteiger charge is 2.33. The molecule has 5 nitrogen and oxygen atoms in total. The number of rotatable bonds is 7. The zero-order valence-electron chi connectivity index (χ0n) is 11.7. The van der Waals surface area contributed by atoms with Crippen LogP contribution < -0.4 is 11.1 Å². The second-order valence-corrected chi connectivity index (χ2v) is 6.94. The lowest BCUT2D eigenvalue weighted by Gasteiger charge is -2.28. The Morgan fingerprint density at radius 2 is 1.83 bits per heavy atom. The molecule has 1 unspecified atom stereocenters. The van der Waals surface area contributed by atoms with Gasteiger partial charge in [0.25, 0.3) is 0 Å². The van der Waals surface area contributed by atoms with Crippen molar-refractivity contribution in [2.75, 3.05) is 5.75 Å². The lowest BCUT2D eigenvalue weighted by Crippen LogP contribution is -2.47. The van der Waals surface area contributed by atoms with Crippen LogP contribution in [0.25, 0.3) is 0 Å². The fourth-order valence-electron chi connectivity index (χ4n) is 1.10. The third kappa shape index (κ3) is 5.73. The molecular formula is C12H24N2O3S. The zero-order valence-corrected chi connectivity index (χ0v) is 12.5. The molecule has 0 radical (unpaired) electrons. The van der Waals surface area contributed by atoms with Crippen molar-refractivity contribution in [3.05, 3.63) is 0 Å². The minimum absolute atomic E-state index is 0.0909. The van der Waals surface area contributed by atoms with E-state index in [9.17, 15) is 9.59 Å². The van der Waals surface area contributed by atoms with Gasteiger partial charge in [-0.1, -0.05) is 13.8 Å². The fraction of sp³-hybridized carbons (Fsp3) is 0.833. The summed E-state index contributed by atoms with van der Waals surface area (Å²) in [5.74, 6) is -0.561. The summed E-state index contributed by atoms with van der Waals surface area (Å²) in [5.41, 5.74) is 5.58. The summed E-state index contributed by atoms with van der Waals surface area (Å²) < 4.78 is -0.676. The van der Waals surface area contributed by atoms with E-state index in [-0.39, 0.29) is 17.7 Å². The van der Waals surface area contributed by atoms with Gasteiger partial charge < -0.3 is 16.2 Å². The number of hydrogen-bond donors (Lipinski definition) is 3. The molecule has 0 aromatic rings. The van der Waals surface area contributed by atoms with Crippen molar-refractivity contribution in [1.82, 2.24) is 5.32 Å². The van der Waals surface area contributed by atoms with Crippen LogP contribution in [0.4, 0.5) is 0 Å². The van der Waals surface area contributed by atoms with Crippen molar-refractivity contribution < 1.29 is 14.7 Å². The summed E-state index contributed by atoms with van der Waals surface area (Å²) in [6.45, 7) is 9.47. The first-order valence-corrected chi connectivity index (χ1v) is 6.98. The SMILES string of the molecule is CC(C)C(C)NC(=O)CSC(C)(C)[C@@H](N)C(=O)O. The monoisotopic (exact) mass is 276 g/mol. The topological polar surface area (TPSA) is 92.4 Å². The van der Waals surface area contributed by atoms with Crippen LogP contribution in [0.5, 0.6) is 0 Å². The third-order valence-corrected chi connectivity index (χ3v) is 4.38. The van der Waals surface area contributed by atoms with Crippen LogP contribution in [0.1, 0.15) is 34.6 Å². The number of carbonyl (C=O) groups is 2. The third-order valence-electron chi connectivity index (χ3n) is 2.98. The normalized spacial score (nSPS) is 15.3. The second-order valence-electron chi connectivity index (χ2n) is 5.31. The number of amides is 1. The van der Waals surface area contributed by atoms with Gasteiger partial charge in [-0.15, -0.1) is 11.8 Å². The highest BCUT2D eigenvalue weighted by atomic mass is 32.2. The van der Waals surface area contributed by atoms with E-state index >= 15 is 0 Å². The molecule has 0 saturated heterocycles. The van der Waals surface area contributed by atoms with E-state index in [1.807, 2.05) is 20.8 Å². The molecule has 0 aromatic carbocycles. The minimum Gasteiger partial charge on any atom is -0.480 e. The molecule has 0 saturated carbocycles. The maximum atomic E-state index is 11.7. The van der Waals surface area contributed by atoms with Gasteiger partial charge in [-0.25, -0.2) is 0 Å². The Morgan fingerprint density at radius 1 is 1.33 bits per heavy atom. The average molecular weight is 276 g/mol. The Hall–Kier alpha value is -0.750. The van der Waals surface area contributed by atoms with Gasteiger partial charge >= 0.3 is 5.97 Å². The quantitative estimate of drug-likeness (QED) is 0.647. The molecule has 0 aliphatic rings. The van der Waals surface area contributed by atoms with Gasteiger partial charge in [0.1, 0.15) is 6.04 Å². The van der Waals surface area contributed by atoms with Crippen molar-refractivity contribution in [3.8, 4) is 0 Å². The Bertz CT molecular complexity index is 306. The van der Waals surface area contributed by atoms with Crippen LogP contribution >= 0.6 is 11.8 Å². The lowest BCUT2D eigenvalue weighted by atomic mass is 10.1. The molecule has 106 valence electrons. The number of carboxylic acid groups (broad SMARTS) is 1. The summed E-state index contributed by atoms with van der Waals surface area (Å²) in [7, 11) is 0. The van der Waals surface area contributed by atoms with E-state index in [2.05, 4.69) is 5.32 Å². The van der Waals surface area contributed by atoms with E-state index in [4.69, 9.17) is 10.8 Å². The van der Waals surface area contributed by atoms with Gasteiger partial charge in [0.15, 0.2) is 0 Å². The number of hydrogen-bond acceptors (Lipinski definition) is 4. The molecule has 0 heterocycles. The van der Waals surface area contributed by atoms with Crippen LogP contribution in [-0.2, 0) is 9.59 Å². The van der Waals surface area contributed by atoms with Crippen molar-refractivity contribution in [1.29, 1.82) is 0 Å². The number of aliphatic carboxylic acids is 1. The summed E-state index contributed by atoms with van der Waals surface area (Å²) in [6.07, 6.45) is 0. The van der Waals surface area contributed by atoms with Gasteiger partial charge in [-0.2, -0.15) is 0 Å². The maximum absolute atomic E-state index is 11.7. The van der Waals surface area contributed by atoms with E-state index in [0.717, 1.165) is 0 Å². The van der Waals surface area contributed by atoms with E-state index in [1.165, 1.54) is 11.8 Å². The van der Waals surface area contributed by atoms with Crippen LogP contribution in [0.15, 0.2) is 0 Å². The zero-order chi connectivity index (χ0) is 14.5. The predicted octanol–water partition coefficient (Wildman–Crippen LogP) is 1.07. The van der Waals surface area contributed by atoms with Gasteiger partial charge in [-0.3, -0.25) is 9.59 Å². The smallest absolute Gasteiger partial charge is 0.321 e. The molecule has 0 aliphatic carbocycles. The standard InChI is InChI=1S/C12H24N2O3S/c1-7(2)8(3)14-9(15)6-18-12(4,5)10(13)11(16)17/h7-8,10H,6,13H2,1-5H3,(H,14,15)(H,16,17)/t8?,10-/m0/s1. The van der Waals surface area contributed by atoms with E-state index in [1.54, 1.807) is 13.8 Å². The summed E-state index contributed by atoms with van der Waals surface area (Å²) >= 11 is 1.26. The van der Waals surface area contributed by atoms with Crippen LogP contribution in [0.3, 0.4) is 0 Å². The predicted molar refractivity (Wildman–Crippen MR) is 74.6 cm³/mol. The molecule has 0 aliphatic heterocycles. The average Bonchev–Trinajstić information content (AvgIpc) is 2.25. The lowest BCUT2D eigenvalue weighted by molar-refractivity contribution is -0.139. The Balaban J connectivity index is 4.24. The molecule has 0 fully saturated rings. The Kier molecular flexibility index (Phi) is 6.70. The van der Waals surface area contributed by atoms with Crippen LogP contribution in [0, 0.1) is 5.92 Å². The summed E-state index contributed by atoms with van der Waals surface area (Å²) in [4.78, 5) is 22.5. The molecule has 6 heteroatoms. The van der Waals surface area contributed by atoms with Gasteiger partial charge in [0, 0.05) is 10.8 Å². The molecule has 0 aromatic heterocycles. The van der Waals surface area contributed by atoms with Gasteiger partial charge in [-0.05, 0) is 26.7 Å². The fourth-order valence-corrected chi connectivity index (χ4v) is 1.97. The Morgan fingerprint density at radius 3 is 2.22 bits per heavy atom. The number of carboxylic acids is 1. The first kappa shape index (κ1) is 17.2. The molecule has 2 atom stereocenters. The molecule has 0 bridgehead atoms. The van der Waals surface area contributed by atoms with Crippen molar-refractivity contribution in [3.63, 3.8) is 0 Å². The highest BCUT2D eigenvalue weighted by molar-refractivity contribution is 8.01. The Labute approximate surface area is 113 Å². The first-order valence-electron chi connectivity index (χ1n) is 5.99. The maximum Gasteiger partial charge on any atom is 0.321 e. The molecule has 18 heavy (non-hydrogen) atoms. The summed E-state index contributed by atoms with van der Waals surface area (Å²) in [6, 6.07) is -0.882. The largest absolute Gasteiger partial charge is 0.480 e. The molecular weight excluding hydrogens is 252 g/mol. The van der Waals surface area contributed by atoms with Crippen molar-refractivity contribution in [2.24, 2.45) is 11.7 Å². The molecule has 0 spiro atoms.